The minimum Gasteiger partial charge on any atom is -0.425 e. The minimum atomic E-state index is -0.401. The molecule has 1 aromatic heterocycles. The van der Waals surface area contributed by atoms with Gasteiger partial charge >= 0.3 is 5.97 Å². The number of rotatable bonds is 6. The second-order valence-corrected chi connectivity index (χ2v) is 5.77. The van der Waals surface area contributed by atoms with E-state index in [9.17, 15) is 4.79 Å². The van der Waals surface area contributed by atoms with Crippen molar-refractivity contribution in [1.29, 1.82) is 0 Å². The Morgan fingerprint density at radius 3 is 2.57 bits per heavy atom. The highest BCUT2D eigenvalue weighted by molar-refractivity contribution is 5.80. The van der Waals surface area contributed by atoms with Gasteiger partial charge in [-0.1, -0.05) is 19.8 Å². The zero-order valence-corrected chi connectivity index (χ0v) is 13.4. The average Bonchev–Trinajstić information content (AvgIpc) is 3.34. The number of aromatic nitrogens is 2. The molecule has 0 amide bonds. The molecule has 120 valence electrons. The number of unbranched alkanes of at least 4 members (excludes halogenated alkanes) is 1. The summed E-state index contributed by atoms with van der Waals surface area (Å²) in [6.07, 6.45) is 6.27. The summed E-state index contributed by atoms with van der Waals surface area (Å²) in [6, 6.07) is 7.19. The second-order valence-electron chi connectivity index (χ2n) is 5.77. The van der Waals surface area contributed by atoms with E-state index >= 15 is 0 Å². The molecule has 1 saturated heterocycles. The van der Waals surface area contributed by atoms with Crippen LogP contribution in [0, 0.1) is 6.92 Å². The molecule has 5 nitrogen and oxygen atoms in total. The number of aryl methyl sites for hydroxylation is 1. The van der Waals surface area contributed by atoms with Crippen LogP contribution in [0.2, 0.25) is 0 Å². The van der Waals surface area contributed by atoms with Gasteiger partial charge in [0.05, 0.1) is 6.10 Å². The molecule has 2 aromatic rings. The maximum absolute atomic E-state index is 12.0. The van der Waals surface area contributed by atoms with E-state index < -0.39 is 6.10 Å². The van der Waals surface area contributed by atoms with Gasteiger partial charge in [0, 0.05) is 18.0 Å². The van der Waals surface area contributed by atoms with Crippen LogP contribution in [0.5, 0.6) is 5.75 Å². The number of nitrogens with zero attached hydrogens (tertiary/aromatic N) is 2. The molecule has 5 heteroatoms. The lowest BCUT2D eigenvalue weighted by Gasteiger charge is -2.04. The number of carbonyl (C=O) groups excluding carboxylic acids is 1. The zero-order chi connectivity index (χ0) is 16.2. The Morgan fingerprint density at radius 2 is 1.91 bits per heavy atom. The van der Waals surface area contributed by atoms with Crippen molar-refractivity contribution in [2.45, 2.75) is 45.3 Å². The minimum absolute atomic E-state index is 0.0303. The van der Waals surface area contributed by atoms with E-state index in [4.69, 9.17) is 9.47 Å². The van der Waals surface area contributed by atoms with E-state index in [1.54, 1.807) is 24.5 Å². The van der Waals surface area contributed by atoms with Crippen LogP contribution < -0.4 is 4.74 Å². The first-order valence-electron chi connectivity index (χ1n) is 7.93. The molecule has 1 fully saturated rings. The van der Waals surface area contributed by atoms with E-state index in [0.717, 1.165) is 30.4 Å². The molecular formula is C18H20N2O3. The van der Waals surface area contributed by atoms with Gasteiger partial charge < -0.3 is 9.47 Å². The standard InChI is InChI=1S/C18H20N2O3/c1-3-4-5-15-16(23-15)18(21)22-14-8-6-13(7-9-14)17-19-10-12(2)11-20-17/h6-11,15-16H,3-5H2,1-2H3/t15-,16-/m0/s1. The summed E-state index contributed by atoms with van der Waals surface area (Å²) in [5.41, 5.74) is 1.90. The smallest absolute Gasteiger partial charge is 0.343 e. The fourth-order valence-electron chi connectivity index (χ4n) is 2.36. The topological polar surface area (TPSA) is 64.6 Å². The van der Waals surface area contributed by atoms with Crippen LogP contribution in [-0.4, -0.2) is 28.1 Å². The Kier molecular flexibility index (Phi) is 4.67. The fourth-order valence-corrected chi connectivity index (χ4v) is 2.36. The average molecular weight is 312 g/mol. The van der Waals surface area contributed by atoms with Crippen molar-refractivity contribution < 1.29 is 14.3 Å². The second kappa shape index (κ2) is 6.87. The normalized spacial score (nSPS) is 19.4. The Bertz CT molecular complexity index is 668. The first-order chi connectivity index (χ1) is 11.2. The summed E-state index contributed by atoms with van der Waals surface area (Å²) >= 11 is 0. The Balaban J connectivity index is 1.58. The van der Waals surface area contributed by atoms with E-state index in [1.807, 2.05) is 19.1 Å². The molecule has 1 aliphatic rings. The number of esters is 1. The first-order valence-corrected chi connectivity index (χ1v) is 7.93. The van der Waals surface area contributed by atoms with Crippen molar-refractivity contribution in [2.75, 3.05) is 0 Å². The van der Waals surface area contributed by atoms with E-state index in [0.29, 0.717) is 11.6 Å². The lowest BCUT2D eigenvalue weighted by Crippen LogP contribution is -2.17. The Labute approximate surface area is 135 Å². The van der Waals surface area contributed by atoms with Gasteiger partial charge in [-0.05, 0) is 43.2 Å². The van der Waals surface area contributed by atoms with Gasteiger partial charge in [0.15, 0.2) is 11.9 Å². The van der Waals surface area contributed by atoms with Crippen LogP contribution in [0.15, 0.2) is 36.7 Å². The van der Waals surface area contributed by atoms with Crippen LogP contribution in [0.3, 0.4) is 0 Å². The summed E-state index contributed by atoms with van der Waals surface area (Å²) in [5, 5.41) is 0. The van der Waals surface area contributed by atoms with Gasteiger partial charge in [0.2, 0.25) is 0 Å². The van der Waals surface area contributed by atoms with Crippen LogP contribution >= 0.6 is 0 Å². The first kappa shape index (κ1) is 15.6. The quantitative estimate of drug-likeness (QED) is 0.465. The summed E-state index contributed by atoms with van der Waals surface area (Å²) in [6.45, 7) is 4.06. The highest BCUT2D eigenvalue weighted by atomic mass is 16.6. The van der Waals surface area contributed by atoms with E-state index in [-0.39, 0.29) is 12.1 Å². The van der Waals surface area contributed by atoms with Crippen LogP contribution in [0.1, 0.15) is 31.7 Å². The molecule has 3 rings (SSSR count). The molecule has 0 N–H and O–H groups in total. The molecule has 0 bridgehead atoms. The van der Waals surface area contributed by atoms with Crippen LogP contribution in [0.4, 0.5) is 0 Å². The van der Waals surface area contributed by atoms with Crippen molar-refractivity contribution in [3.8, 4) is 17.1 Å². The number of epoxide rings is 1. The summed E-state index contributed by atoms with van der Waals surface area (Å²) in [5.74, 6) is 0.847. The van der Waals surface area contributed by atoms with Crippen LogP contribution in [-0.2, 0) is 9.53 Å². The molecule has 0 spiro atoms. The predicted octanol–water partition coefficient (Wildman–Crippen LogP) is 3.32. The van der Waals surface area contributed by atoms with Gasteiger partial charge in [-0.3, -0.25) is 0 Å². The monoisotopic (exact) mass is 312 g/mol. The van der Waals surface area contributed by atoms with E-state index in [1.165, 1.54) is 0 Å². The summed E-state index contributed by atoms with van der Waals surface area (Å²) in [7, 11) is 0. The number of benzene rings is 1. The summed E-state index contributed by atoms with van der Waals surface area (Å²) in [4.78, 5) is 20.5. The van der Waals surface area contributed by atoms with Crippen molar-refractivity contribution in [3.63, 3.8) is 0 Å². The largest absolute Gasteiger partial charge is 0.425 e. The van der Waals surface area contributed by atoms with Gasteiger partial charge in [-0.15, -0.1) is 0 Å². The third-order valence-electron chi connectivity index (χ3n) is 3.77. The maximum Gasteiger partial charge on any atom is 0.343 e. The highest BCUT2D eigenvalue weighted by Gasteiger charge is 2.45. The number of hydrogen-bond acceptors (Lipinski definition) is 5. The van der Waals surface area contributed by atoms with Crippen molar-refractivity contribution in [1.82, 2.24) is 9.97 Å². The molecule has 0 unspecified atom stereocenters. The Morgan fingerprint density at radius 1 is 1.22 bits per heavy atom. The SMILES string of the molecule is CCCC[C@@H]1O[C@@H]1C(=O)Oc1ccc(-c2ncc(C)cn2)cc1. The van der Waals surface area contributed by atoms with Gasteiger partial charge in [-0.25, -0.2) is 14.8 Å². The molecular weight excluding hydrogens is 292 g/mol. The number of hydrogen-bond donors (Lipinski definition) is 0. The third kappa shape index (κ3) is 3.93. The molecule has 2 atom stereocenters. The number of carbonyl (C=O) groups is 1. The summed E-state index contributed by atoms with van der Waals surface area (Å²) < 4.78 is 10.7. The molecule has 0 saturated carbocycles. The zero-order valence-electron chi connectivity index (χ0n) is 13.4. The van der Waals surface area contributed by atoms with Gasteiger partial charge in [-0.2, -0.15) is 0 Å². The van der Waals surface area contributed by atoms with Crippen molar-refractivity contribution in [3.05, 3.63) is 42.2 Å². The molecule has 0 radical (unpaired) electrons. The third-order valence-corrected chi connectivity index (χ3v) is 3.77. The van der Waals surface area contributed by atoms with Crippen molar-refractivity contribution >= 4 is 5.97 Å². The van der Waals surface area contributed by atoms with Crippen LogP contribution in [0.25, 0.3) is 11.4 Å². The van der Waals surface area contributed by atoms with Gasteiger partial charge in [0.25, 0.3) is 0 Å². The lowest BCUT2D eigenvalue weighted by molar-refractivity contribution is -0.135. The molecule has 2 heterocycles. The fraction of sp³-hybridized carbons (Fsp3) is 0.389. The van der Waals surface area contributed by atoms with E-state index in [2.05, 4.69) is 16.9 Å². The predicted molar refractivity (Wildman–Crippen MR) is 86.0 cm³/mol. The molecule has 1 aromatic carbocycles. The Hall–Kier alpha value is -2.27. The van der Waals surface area contributed by atoms with Gasteiger partial charge in [0.1, 0.15) is 5.75 Å². The lowest BCUT2D eigenvalue weighted by atomic mass is 10.1. The number of ether oxygens (including phenoxy) is 2. The molecule has 1 aliphatic heterocycles. The molecule has 0 aliphatic carbocycles. The highest BCUT2D eigenvalue weighted by Crippen LogP contribution is 2.29. The molecule has 23 heavy (non-hydrogen) atoms. The van der Waals surface area contributed by atoms with Crippen molar-refractivity contribution in [2.24, 2.45) is 0 Å². The maximum atomic E-state index is 12.0.